The molecule has 0 aliphatic carbocycles. The molecule has 19 heavy (non-hydrogen) atoms. The number of rotatable bonds is 4. The third kappa shape index (κ3) is 3.99. The van der Waals surface area contributed by atoms with Gasteiger partial charge in [0.25, 0.3) is 5.69 Å². The van der Waals surface area contributed by atoms with E-state index in [4.69, 9.17) is 4.74 Å². The molecule has 1 heterocycles. The van der Waals surface area contributed by atoms with Crippen molar-refractivity contribution < 1.29 is 9.66 Å². The van der Waals surface area contributed by atoms with Gasteiger partial charge in [-0.2, -0.15) is 0 Å². The molecule has 0 amide bonds. The summed E-state index contributed by atoms with van der Waals surface area (Å²) in [5.41, 5.74) is 0.870. The molecule has 0 spiro atoms. The highest BCUT2D eigenvalue weighted by Gasteiger charge is 2.20. The van der Waals surface area contributed by atoms with Gasteiger partial charge in [-0.15, -0.1) is 0 Å². The molecule has 1 N–H and O–H groups in total. The van der Waals surface area contributed by atoms with Crippen molar-refractivity contribution in [3.05, 3.63) is 38.3 Å². The van der Waals surface area contributed by atoms with Crippen molar-refractivity contribution in [3.8, 4) is 0 Å². The lowest BCUT2D eigenvalue weighted by molar-refractivity contribution is -0.385. The van der Waals surface area contributed by atoms with Crippen molar-refractivity contribution >= 4 is 21.6 Å². The second-order valence-electron chi connectivity index (χ2n) is 4.81. The Labute approximate surface area is 120 Å². The van der Waals surface area contributed by atoms with Crippen molar-refractivity contribution in [2.75, 3.05) is 6.61 Å². The van der Waals surface area contributed by atoms with Crippen LogP contribution in [0.4, 0.5) is 5.69 Å². The van der Waals surface area contributed by atoms with Gasteiger partial charge in [-0.1, -0.05) is 15.9 Å². The predicted octanol–water partition coefficient (Wildman–Crippen LogP) is 3.01. The summed E-state index contributed by atoms with van der Waals surface area (Å²) in [5, 5.41) is 14.4. The summed E-state index contributed by atoms with van der Waals surface area (Å²) in [6.07, 6.45) is 2.15. The van der Waals surface area contributed by atoms with E-state index in [0.717, 1.165) is 23.9 Å². The Kier molecular flexibility index (Phi) is 4.90. The third-order valence-corrected chi connectivity index (χ3v) is 3.80. The number of hydrogen-bond donors (Lipinski definition) is 1. The zero-order valence-electron chi connectivity index (χ0n) is 10.8. The van der Waals surface area contributed by atoms with Gasteiger partial charge in [0.15, 0.2) is 0 Å². The Hall–Kier alpha value is -0.980. The minimum Gasteiger partial charge on any atom is -0.378 e. The molecule has 0 saturated carbocycles. The van der Waals surface area contributed by atoms with E-state index in [9.17, 15) is 10.1 Å². The maximum absolute atomic E-state index is 11.0. The van der Waals surface area contributed by atoms with Gasteiger partial charge in [0.2, 0.25) is 0 Å². The Morgan fingerprint density at radius 3 is 3.05 bits per heavy atom. The largest absolute Gasteiger partial charge is 0.378 e. The summed E-state index contributed by atoms with van der Waals surface area (Å²) in [5.74, 6) is 0. The van der Waals surface area contributed by atoms with Crippen molar-refractivity contribution in [1.29, 1.82) is 0 Å². The zero-order chi connectivity index (χ0) is 13.8. The van der Waals surface area contributed by atoms with Crippen molar-refractivity contribution in [3.63, 3.8) is 0 Å². The Morgan fingerprint density at radius 1 is 1.58 bits per heavy atom. The molecule has 2 rings (SSSR count). The summed E-state index contributed by atoms with van der Waals surface area (Å²) in [4.78, 5) is 10.6. The summed E-state index contributed by atoms with van der Waals surface area (Å²) >= 11 is 3.35. The van der Waals surface area contributed by atoms with Crippen molar-refractivity contribution in [1.82, 2.24) is 5.32 Å². The topological polar surface area (TPSA) is 64.4 Å². The minimum absolute atomic E-state index is 0.163. The van der Waals surface area contributed by atoms with E-state index >= 15 is 0 Å². The van der Waals surface area contributed by atoms with Gasteiger partial charge in [0, 0.05) is 35.3 Å². The highest BCUT2D eigenvalue weighted by molar-refractivity contribution is 9.10. The van der Waals surface area contributed by atoms with Crippen LogP contribution in [0.2, 0.25) is 0 Å². The van der Waals surface area contributed by atoms with E-state index in [1.54, 1.807) is 12.1 Å². The van der Waals surface area contributed by atoms with E-state index in [1.807, 2.05) is 0 Å². The van der Waals surface area contributed by atoms with Gasteiger partial charge >= 0.3 is 0 Å². The van der Waals surface area contributed by atoms with E-state index in [0.29, 0.717) is 18.2 Å². The van der Waals surface area contributed by atoms with Crippen LogP contribution in [0.25, 0.3) is 0 Å². The molecule has 1 saturated heterocycles. The molecule has 0 bridgehead atoms. The number of benzene rings is 1. The molecular weight excluding hydrogens is 312 g/mol. The van der Waals surface area contributed by atoms with Crippen LogP contribution in [0.3, 0.4) is 0 Å². The first kappa shape index (κ1) is 14.4. The Balaban J connectivity index is 2.02. The van der Waals surface area contributed by atoms with Gasteiger partial charge in [0.1, 0.15) is 0 Å². The molecule has 2 unspecified atom stereocenters. The standard InChI is InChI=1S/C13H17BrN2O3/c1-9-6-12(4-5-19-9)15-8-10-7-11(14)2-3-13(10)16(17)18/h2-3,7,9,12,15H,4-6,8H2,1H3. The lowest BCUT2D eigenvalue weighted by atomic mass is 10.0. The molecule has 0 radical (unpaired) electrons. The van der Waals surface area contributed by atoms with E-state index in [-0.39, 0.29) is 16.7 Å². The summed E-state index contributed by atoms with van der Waals surface area (Å²) in [6.45, 7) is 3.31. The number of nitrogens with one attached hydrogen (secondary N) is 1. The van der Waals surface area contributed by atoms with Gasteiger partial charge in [0.05, 0.1) is 11.0 Å². The van der Waals surface area contributed by atoms with Gasteiger partial charge in [-0.3, -0.25) is 10.1 Å². The smallest absolute Gasteiger partial charge is 0.273 e. The first-order chi connectivity index (χ1) is 9.06. The molecule has 2 atom stereocenters. The second kappa shape index (κ2) is 6.45. The number of ether oxygens (including phenoxy) is 1. The number of hydrogen-bond acceptors (Lipinski definition) is 4. The van der Waals surface area contributed by atoms with Crippen LogP contribution in [-0.2, 0) is 11.3 Å². The average Bonchev–Trinajstić information content (AvgIpc) is 2.36. The van der Waals surface area contributed by atoms with E-state index in [1.165, 1.54) is 6.07 Å². The monoisotopic (exact) mass is 328 g/mol. The van der Waals surface area contributed by atoms with Crippen LogP contribution in [0, 0.1) is 10.1 Å². The third-order valence-electron chi connectivity index (χ3n) is 3.30. The zero-order valence-corrected chi connectivity index (χ0v) is 12.4. The molecule has 1 aliphatic rings. The fourth-order valence-corrected chi connectivity index (χ4v) is 2.72. The molecule has 6 heteroatoms. The van der Waals surface area contributed by atoms with E-state index in [2.05, 4.69) is 28.2 Å². The van der Waals surface area contributed by atoms with Crippen LogP contribution in [0.1, 0.15) is 25.3 Å². The maximum atomic E-state index is 11.0. The van der Waals surface area contributed by atoms with Crippen LogP contribution < -0.4 is 5.32 Å². The average molecular weight is 329 g/mol. The van der Waals surface area contributed by atoms with Gasteiger partial charge < -0.3 is 10.1 Å². The first-order valence-electron chi connectivity index (χ1n) is 6.34. The molecule has 0 aromatic heterocycles. The molecule has 1 fully saturated rings. The normalized spacial score (nSPS) is 23.3. The number of nitro groups is 1. The molecule has 1 aromatic carbocycles. The van der Waals surface area contributed by atoms with Crippen LogP contribution in [-0.4, -0.2) is 23.7 Å². The second-order valence-corrected chi connectivity index (χ2v) is 5.73. The SMILES string of the molecule is CC1CC(NCc2cc(Br)ccc2[N+](=O)[O-])CCO1. The highest BCUT2D eigenvalue weighted by Crippen LogP contribution is 2.23. The van der Waals surface area contributed by atoms with Crippen molar-refractivity contribution in [2.24, 2.45) is 0 Å². The number of halogens is 1. The lowest BCUT2D eigenvalue weighted by Gasteiger charge is -2.28. The summed E-state index contributed by atoms with van der Waals surface area (Å²) in [6, 6.07) is 5.39. The van der Waals surface area contributed by atoms with Crippen LogP contribution in [0.5, 0.6) is 0 Å². The molecular formula is C13H17BrN2O3. The minimum atomic E-state index is -0.337. The van der Waals surface area contributed by atoms with Crippen LogP contribution in [0.15, 0.2) is 22.7 Å². The maximum Gasteiger partial charge on any atom is 0.273 e. The van der Waals surface area contributed by atoms with E-state index < -0.39 is 0 Å². The Morgan fingerprint density at radius 2 is 2.37 bits per heavy atom. The summed E-state index contributed by atoms with van der Waals surface area (Å²) < 4.78 is 6.34. The molecule has 104 valence electrons. The highest BCUT2D eigenvalue weighted by atomic mass is 79.9. The number of nitrogens with zero attached hydrogens (tertiary/aromatic N) is 1. The number of nitro benzene ring substituents is 1. The fourth-order valence-electron chi connectivity index (χ4n) is 2.31. The first-order valence-corrected chi connectivity index (χ1v) is 7.13. The van der Waals surface area contributed by atoms with Crippen LogP contribution >= 0.6 is 15.9 Å². The van der Waals surface area contributed by atoms with Crippen molar-refractivity contribution in [2.45, 2.75) is 38.5 Å². The summed E-state index contributed by atoms with van der Waals surface area (Å²) in [7, 11) is 0. The molecule has 1 aliphatic heterocycles. The van der Waals surface area contributed by atoms with Gasteiger partial charge in [-0.05, 0) is 31.9 Å². The quantitative estimate of drug-likeness (QED) is 0.681. The molecule has 5 nitrogen and oxygen atoms in total. The molecule has 1 aromatic rings. The lowest BCUT2D eigenvalue weighted by Crippen LogP contribution is -2.37. The Bertz CT molecular complexity index is 467. The van der Waals surface area contributed by atoms with Gasteiger partial charge in [-0.25, -0.2) is 0 Å². The fraction of sp³-hybridized carbons (Fsp3) is 0.538. The predicted molar refractivity (Wildman–Crippen MR) is 76.1 cm³/mol.